The molecule has 2 rings (SSSR count). The molecule has 0 saturated carbocycles. The number of nitrogens with zero attached hydrogens (tertiary/aromatic N) is 1. The van der Waals surface area contributed by atoms with Crippen LogP contribution in [0.15, 0.2) is 36.5 Å². The molecule has 0 bridgehead atoms. The summed E-state index contributed by atoms with van der Waals surface area (Å²) in [6, 6.07) is 7.03. The van der Waals surface area contributed by atoms with Crippen molar-refractivity contribution in [2.45, 2.75) is 12.7 Å². The largest absolute Gasteiger partial charge is 0.497 e. The zero-order valence-corrected chi connectivity index (χ0v) is 11.8. The van der Waals surface area contributed by atoms with Gasteiger partial charge in [0.15, 0.2) is 0 Å². The topological polar surface area (TPSA) is 34.1 Å². The Morgan fingerprint density at radius 1 is 1.24 bits per heavy atom. The van der Waals surface area contributed by atoms with Crippen LogP contribution in [0.3, 0.4) is 0 Å². The summed E-state index contributed by atoms with van der Waals surface area (Å²) in [5.41, 5.74) is -0.00956. The van der Waals surface area contributed by atoms with E-state index in [0.717, 1.165) is 6.07 Å². The van der Waals surface area contributed by atoms with Crippen LogP contribution in [0, 0.1) is 0 Å². The molecule has 0 aliphatic carbocycles. The lowest BCUT2D eigenvalue weighted by molar-refractivity contribution is -0.138. The van der Waals surface area contributed by atoms with Gasteiger partial charge in [0.25, 0.3) is 0 Å². The predicted octanol–water partition coefficient (Wildman–Crippen LogP) is 4.37. The smallest absolute Gasteiger partial charge is 0.416 e. The maximum absolute atomic E-state index is 13.0. The van der Waals surface area contributed by atoms with Crippen molar-refractivity contribution in [3.05, 3.63) is 52.8 Å². The first kappa shape index (κ1) is 15.4. The van der Waals surface area contributed by atoms with E-state index in [9.17, 15) is 13.2 Å². The van der Waals surface area contributed by atoms with Gasteiger partial charge in [-0.1, -0.05) is 17.7 Å². The molecule has 0 spiro atoms. The Kier molecular flexibility index (Phi) is 4.57. The van der Waals surface area contributed by atoms with Gasteiger partial charge in [-0.25, -0.2) is 4.98 Å². The van der Waals surface area contributed by atoms with Crippen molar-refractivity contribution in [3.63, 3.8) is 0 Å². The number of hydrogen-bond acceptors (Lipinski definition) is 3. The molecule has 3 nitrogen and oxygen atoms in total. The number of aromatic nitrogens is 1. The molecular weight excluding hydrogens is 305 g/mol. The number of nitrogens with one attached hydrogen (secondary N) is 1. The molecule has 0 fully saturated rings. The van der Waals surface area contributed by atoms with Crippen LogP contribution in [0.1, 0.15) is 11.1 Å². The van der Waals surface area contributed by atoms with Gasteiger partial charge >= 0.3 is 6.18 Å². The first-order chi connectivity index (χ1) is 9.90. The fourth-order valence-corrected chi connectivity index (χ4v) is 1.98. The number of halogens is 4. The number of alkyl halides is 3. The fourth-order valence-electron chi connectivity index (χ4n) is 1.81. The Hall–Kier alpha value is -1.95. The Bertz CT molecular complexity index is 632. The van der Waals surface area contributed by atoms with Crippen molar-refractivity contribution in [1.82, 2.24) is 4.98 Å². The van der Waals surface area contributed by atoms with Crippen LogP contribution >= 0.6 is 11.6 Å². The summed E-state index contributed by atoms with van der Waals surface area (Å²) in [6.45, 7) is 0.0131. The highest BCUT2D eigenvalue weighted by Gasteiger charge is 2.33. The maximum atomic E-state index is 13.0. The van der Waals surface area contributed by atoms with Gasteiger partial charge in [-0.05, 0) is 29.8 Å². The molecule has 0 atom stereocenters. The number of anilines is 1. The molecule has 21 heavy (non-hydrogen) atoms. The van der Waals surface area contributed by atoms with Crippen molar-refractivity contribution >= 4 is 17.3 Å². The second kappa shape index (κ2) is 6.22. The van der Waals surface area contributed by atoms with Gasteiger partial charge in [-0.3, -0.25) is 0 Å². The fraction of sp³-hybridized carbons (Fsp3) is 0.214. The molecule has 1 N–H and O–H groups in total. The highest BCUT2D eigenvalue weighted by molar-refractivity contribution is 6.29. The van der Waals surface area contributed by atoms with Gasteiger partial charge in [-0.15, -0.1) is 0 Å². The van der Waals surface area contributed by atoms with Crippen LogP contribution in [-0.2, 0) is 12.7 Å². The summed E-state index contributed by atoms with van der Waals surface area (Å²) < 4.78 is 44.0. The average Bonchev–Trinajstić information content (AvgIpc) is 2.44. The minimum atomic E-state index is -4.44. The summed E-state index contributed by atoms with van der Waals surface area (Å²) >= 11 is 5.72. The number of methoxy groups -OCH3 is 1. The van der Waals surface area contributed by atoms with Crippen molar-refractivity contribution in [3.8, 4) is 5.75 Å². The number of hydrogen-bond donors (Lipinski definition) is 1. The molecule has 2 aromatic rings. The molecule has 1 aromatic heterocycles. The van der Waals surface area contributed by atoms with E-state index in [4.69, 9.17) is 16.3 Å². The minimum Gasteiger partial charge on any atom is -0.497 e. The van der Waals surface area contributed by atoms with Gasteiger partial charge in [-0.2, -0.15) is 13.2 Å². The minimum absolute atomic E-state index is 0.0131. The normalized spacial score (nSPS) is 11.3. The number of ether oxygens (including phenoxy) is 1. The van der Waals surface area contributed by atoms with E-state index < -0.39 is 11.7 Å². The lowest BCUT2D eigenvalue weighted by Crippen LogP contribution is -2.12. The van der Waals surface area contributed by atoms with Crippen LogP contribution in [0.25, 0.3) is 0 Å². The zero-order chi connectivity index (χ0) is 15.5. The molecule has 1 heterocycles. The van der Waals surface area contributed by atoms with Crippen molar-refractivity contribution in [1.29, 1.82) is 0 Å². The van der Waals surface area contributed by atoms with Crippen LogP contribution in [-0.4, -0.2) is 12.1 Å². The summed E-state index contributed by atoms with van der Waals surface area (Å²) in [5, 5.41) is 3.16. The Morgan fingerprint density at radius 2 is 2.00 bits per heavy atom. The van der Waals surface area contributed by atoms with E-state index in [2.05, 4.69) is 10.3 Å². The average molecular weight is 317 g/mol. The molecule has 0 radical (unpaired) electrons. The maximum Gasteiger partial charge on any atom is 0.416 e. The van der Waals surface area contributed by atoms with Gasteiger partial charge < -0.3 is 10.1 Å². The van der Waals surface area contributed by atoms with Crippen molar-refractivity contribution in [2.24, 2.45) is 0 Å². The van der Waals surface area contributed by atoms with Crippen LogP contribution in [0.4, 0.5) is 18.9 Å². The highest BCUT2D eigenvalue weighted by atomic mass is 35.5. The summed E-state index contributed by atoms with van der Waals surface area (Å²) in [5.74, 6) is 0.165. The third-order valence-corrected chi connectivity index (χ3v) is 3.04. The van der Waals surface area contributed by atoms with E-state index in [1.165, 1.54) is 25.4 Å². The summed E-state index contributed by atoms with van der Waals surface area (Å²) in [6.07, 6.45) is -2.97. The predicted molar refractivity (Wildman–Crippen MR) is 74.6 cm³/mol. The summed E-state index contributed by atoms with van der Waals surface area (Å²) in [7, 11) is 1.33. The standard InChI is InChI=1S/C14H12ClF3N2O/c1-21-11-3-2-9(12(7-11)14(16,17)18)8-20-10-4-5-19-13(15)6-10/h2-7H,8H2,1H3,(H,19,20). The SMILES string of the molecule is COc1ccc(CNc2ccnc(Cl)c2)c(C(F)(F)F)c1. The third kappa shape index (κ3) is 4.01. The molecule has 0 saturated heterocycles. The molecule has 0 amide bonds. The number of benzene rings is 1. The van der Waals surface area contributed by atoms with E-state index in [0.29, 0.717) is 5.69 Å². The molecule has 7 heteroatoms. The van der Waals surface area contributed by atoms with Gasteiger partial charge in [0.1, 0.15) is 10.9 Å². The Labute approximate surface area is 124 Å². The quantitative estimate of drug-likeness (QED) is 0.850. The Balaban J connectivity index is 2.23. The van der Waals surface area contributed by atoms with Gasteiger partial charge in [0.2, 0.25) is 0 Å². The second-order valence-corrected chi connectivity index (χ2v) is 4.63. The van der Waals surface area contributed by atoms with Crippen molar-refractivity contribution in [2.75, 3.05) is 12.4 Å². The molecule has 0 aliphatic rings. The number of pyridine rings is 1. The van der Waals surface area contributed by atoms with Crippen LogP contribution in [0.2, 0.25) is 5.15 Å². The molecule has 0 aliphatic heterocycles. The third-order valence-electron chi connectivity index (χ3n) is 2.83. The summed E-state index contributed by atoms with van der Waals surface area (Å²) in [4.78, 5) is 3.80. The zero-order valence-electron chi connectivity index (χ0n) is 11.0. The lowest BCUT2D eigenvalue weighted by atomic mass is 10.1. The first-order valence-electron chi connectivity index (χ1n) is 5.99. The van der Waals surface area contributed by atoms with Crippen LogP contribution in [0.5, 0.6) is 5.75 Å². The van der Waals surface area contributed by atoms with Crippen LogP contribution < -0.4 is 10.1 Å². The highest BCUT2D eigenvalue weighted by Crippen LogP contribution is 2.34. The second-order valence-electron chi connectivity index (χ2n) is 4.24. The molecule has 1 aromatic carbocycles. The molecule has 112 valence electrons. The van der Waals surface area contributed by atoms with Gasteiger partial charge in [0, 0.05) is 18.4 Å². The van der Waals surface area contributed by atoms with E-state index in [1.54, 1.807) is 12.1 Å². The van der Waals surface area contributed by atoms with E-state index in [1.807, 2.05) is 0 Å². The lowest BCUT2D eigenvalue weighted by Gasteiger charge is -2.15. The van der Waals surface area contributed by atoms with Gasteiger partial charge in [0.05, 0.1) is 12.7 Å². The molecular formula is C14H12ClF3N2O. The van der Waals surface area contributed by atoms with E-state index in [-0.39, 0.29) is 23.0 Å². The monoisotopic (exact) mass is 316 g/mol. The van der Waals surface area contributed by atoms with E-state index >= 15 is 0 Å². The molecule has 0 unspecified atom stereocenters. The first-order valence-corrected chi connectivity index (χ1v) is 6.37. The van der Waals surface area contributed by atoms with Crippen molar-refractivity contribution < 1.29 is 17.9 Å². The number of rotatable bonds is 4. The Morgan fingerprint density at radius 3 is 2.62 bits per heavy atom.